The van der Waals surface area contributed by atoms with E-state index in [9.17, 15) is 0 Å². The Kier molecular flexibility index (Phi) is 7.49. The molecule has 1 atom stereocenters. The van der Waals surface area contributed by atoms with Crippen LogP contribution >= 0.6 is 11.3 Å². The van der Waals surface area contributed by atoms with E-state index in [0.717, 1.165) is 31.5 Å². The predicted molar refractivity (Wildman–Crippen MR) is 77.3 cm³/mol. The normalized spacial score (nSPS) is 13.2. The van der Waals surface area contributed by atoms with Gasteiger partial charge < -0.3 is 11.1 Å². The van der Waals surface area contributed by atoms with Crippen LogP contribution in [0.1, 0.15) is 38.0 Å². The molecule has 0 aliphatic heterocycles. The molecule has 1 unspecified atom stereocenters. The average Bonchev–Trinajstić information content (AvgIpc) is 2.80. The fourth-order valence-electron chi connectivity index (χ4n) is 2.14. The summed E-state index contributed by atoms with van der Waals surface area (Å²) in [4.78, 5) is 1.42. The van der Waals surface area contributed by atoms with Gasteiger partial charge >= 0.3 is 0 Å². The summed E-state index contributed by atoms with van der Waals surface area (Å²) in [5, 5.41) is 5.64. The van der Waals surface area contributed by atoms with Gasteiger partial charge in [0, 0.05) is 11.4 Å². The van der Waals surface area contributed by atoms with Gasteiger partial charge in [-0.3, -0.25) is 0 Å². The Balaban J connectivity index is 2.06. The summed E-state index contributed by atoms with van der Waals surface area (Å²) in [7, 11) is 0. The molecule has 0 fully saturated rings. The Labute approximate surface area is 110 Å². The first-order chi connectivity index (χ1) is 8.24. The van der Waals surface area contributed by atoms with Gasteiger partial charge in [-0.05, 0) is 55.6 Å². The summed E-state index contributed by atoms with van der Waals surface area (Å²) >= 11 is 1.82. The van der Waals surface area contributed by atoms with Crippen molar-refractivity contribution >= 4 is 11.3 Å². The van der Waals surface area contributed by atoms with Gasteiger partial charge in [0.2, 0.25) is 0 Å². The number of nitrogens with two attached hydrogens (primary N) is 1. The zero-order valence-electron chi connectivity index (χ0n) is 11.1. The third-order valence-corrected chi connectivity index (χ3v) is 4.16. The first-order valence-electron chi connectivity index (χ1n) is 6.67. The number of rotatable bonds is 9. The number of hydrogen-bond donors (Lipinski definition) is 2. The summed E-state index contributed by atoms with van der Waals surface area (Å²) in [5.74, 6) is 1.55. The Morgan fingerprint density at radius 3 is 2.76 bits per heavy atom. The first kappa shape index (κ1) is 14.7. The predicted octanol–water partition coefficient (Wildman–Crippen LogP) is 3.24. The molecule has 17 heavy (non-hydrogen) atoms. The third kappa shape index (κ3) is 6.20. The van der Waals surface area contributed by atoms with Crippen LogP contribution in [-0.2, 0) is 6.54 Å². The molecular weight excluding hydrogens is 228 g/mol. The van der Waals surface area contributed by atoms with Crippen LogP contribution in [0.25, 0.3) is 0 Å². The van der Waals surface area contributed by atoms with E-state index >= 15 is 0 Å². The van der Waals surface area contributed by atoms with Crippen LogP contribution < -0.4 is 11.1 Å². The second-order valence-corrected chi connectivity index (χ2v) is 6.01. The first-order valence-corrected chi connectivity index (χ1v) is 7.55. The summed E-state index contributed by atoms with van der Waals surface area (Å²) in [5.41, 5.74) is 5.65. The van der Waals surface area contributed by atoms with Gasteiger partial charge in [0.1, 0.15) is 0 Å². The topological polar surface area (TPSA) is 38.0 Å². The van der Waals surface area contributed by atoms with E-state index in [-0.39, 0.29) is 0 Å². The third-order valence-electron chi connectivity index (χ3n) is 3.29. The molecule has 1 heterocycles. The molecule has 0 saturated carbocycles. The second kappa shape index (κ2) is 8.67. The quantitative estimate of drug-likeness (QED) is 0.664. The van der Waals surface area contributed by atoms with Crippen LogP contribution in [0.3, 0.4) is 0 Å². The Morgan fingerprint density at radius 2 is 2.18 bits per heavy atom. The molecule has 0 aromatic carbocycles. The molecule has 3 N–H and O–H groups in total. The van der Waals surface area contributed by atoms with Gasteiger partial charge in [0.25, 0.3) is 0 Å². The van der Waals surface area contributed by atoms with Crippen molar-refractivity contribution in [3.63, 3.8) is 0 Å². The maximum absolute atomic E-state index is 5.65. The van der Waals surface area contributed by atoms with Crippen molar-refractivity contribution in [2.24, 2.45) is 17.6 Å². The molecule has 0 bridgehead atoms. The molecule has 0 aliphatic rings. The van der Waals surface area contributed by atoms with E-state index in [1.54, 1.807) is 0 Å². The highest BCUT2D eigenvalue weighted by Crippen LogP contribution is 2.19. The molecule has 0 radical (unpaired) electrons. The second-order valence-electron chi connectivity index (χ2n) is 4.98. The number of hydrogen-bond acceptors (Lipinski definition) is 3. The van der Waals surface area contributed by atoms with Gasteiger partial charge in [0.15, 0.2) is 0 Å². The SMILES string of the molecule is CC(C)C(CCN)CCCNCc1cccs1. The zero-order chi connectivity index (χ0) is 12.5. The summed E-state index contributed by atoms with van der Waals surface area (Å²) < 4.78 is 0. The lowest BCUT2D eigenvalue weighted by Crippen LogP contribution is -2.18. The van der Waals surface area contributed by atoms with Gasteiger partial charge in [-0.1, -0.05) is 19.9 Å². The van der Waals surface area contributed by atoms with Crippen LogP contribution in [-0.4, -0.2) is 13.1 Å². The lowest BCUT2D eigenvalue weighted by Gasteiger charge is -2.19. The van der Waals surface area contributed by atoms with E-state index in [1.807, 2.05) is 11.3 Å². The van der Waals surface area contributed by atoms with Crippen molar-refractivity contribution < 1.29 is 0 Å². The van der Waals surface area contributed by atoms with Crippen LogP contribution in [0.4, 0.5) is 0 Å². The largest absolute Gasteiger partial charge is 0.330 e. The van der Waals surface area contributed by atoms with Crippen LogP contribution in [0, 0.1) is 11.8 Å². The van der Waals surface area contributed by atoms with Gasteiger partial charge in [-0.2, -0.15) is 0 Å². The molecule has 0 saturated heterocycles. The van der Waals surface area contributed by atoms with E-state index in [4.69, 9.17) is 5.73 Å². The molecule has 0 aliphatic carbocycles. The lowest BCUT2D eigenvalue weighted by atomic mass is 9.88. The monoisotopic (exact) mass is 254 g/mol. The lowest BCUT2D eigenvalue weighted by molar-refractivity contribution is 0.331. The van der Waals surface area contributed by atoms with E-state index in [2.05, 4.69) is 36.7 Å². The zero-order valence-corrected chi connectivity index (χ0v) is 11.9. The summed E-state index contributed by atoms with van der Waals surface area (Å²) in [6.07, 6.45) is 3.73. The van der Waals surface area contributed by atoms with Crippen molar-refractivity contribution in [1.82, 2.24) is 5.32 Å². The van der Waals surface area contributed by atoms with Crippen molar-refractivity contribution in [3.8, 4) is 0 Å². The minimum absolute atomic E-state index is 0.760. The molecule has 98 valence electrons. The Morgan fingerprint density at radius 1 is 1.35 bits per heavy atom. The van der Waals surface area contributed by atoms with E-state index in [0.29, 0.717) is 0 Å². The smallest absolute Gasteiger partial charge is 0.0299 e. The van der Waals surface area contributed by atoms with E-state index in [1.165, 1.54) is 24.1 Å². The van der Waals surface area contributed by atoms with Gasteiger partial charge in [-0.25, -0.2) is 0 Å². The standard InChI is InChI=1S/C14H26N2S/c1-12(2)13(7-8-15)5-3-9-16-11-14-6-4-10-17-14/h4,6,10,12-13,16H,3,5,7-9,11,15H2,1-2H3. The molecular formula is C14H26N2S. The number of thiophene rings is 1. The van der Waals surface area contributed by atoms with Crippen molar-refractivity contribution in [2.75, 3.05) is 13.1 Å². The molecule has 1 rings (SSSR count). The van der Waals surface area contributed by atoms with E-state index < -0.39 is 0 Å². The number of nitrogens with one attached hydrogen (secondary N) is 1. The highest BCUT2D eigenvalue weighted by molar-refractivity contribution is 7.09. The Bertz CT molecular complexity index is 270. The van der Waals surface area contributed by atoms with Crippen molar-refractivity contribution in [3.05, 3.63) is 22.4 Å². The van der Waals surface area contributed by atoms with Crippen molar-refractivity contribution in [1.29, 1.82) is 0 Å². The minimum Gasteiger partial charge on any atom is -0.330 e. The maximum atomic E-state index is 5.65. The fraction of sp³-hybridized carbons (Fsp3) is 0.714. The van der Waals surface area contributed by atoms with Crippen LogP contribution in [0.5, 0.6) is 0 Å². The van der Waals surface area contributed by atoms with Crippen LogP contribution in [0.2, 0.25) is 0 Å². The minimum atomic E-state index is 0.760. The molecule has 1 aromatic rings. The average molecular weight is 254 g/mol. The highest BCUT2D eigenvalue weighted by Gasteiger charge is 2.11. The summed E-state index contributed by atoms with van der Waals surface area (Å²) in [6, 6.07) is 4.29. The molecule has 1 aromatic heterocycles. The highest BCUT2D eigenvalue weighted by atomic mass is 32.1. The molecule has 0 amide bonds. The van der Waals surface area contributed by atoms with Crippen LogP contribution in [0.15, 0.2) is 17.5 Å². The van der Waals surface area contributed by atoms with Gasteiger partial charge in [-0.15, -0.1) is 11.3 Å². The fourth-order valence-corrected chi connectivity index (χ4v) is 2.81. The Hall–Kier alpha value is -0.380. The maximum Gasteiger partial charge on any atom is 0.0299 e. The van der Waals surface area contributed by atoms with Crippen molar-refractivity contribution in [2.45, 2.75) is 39.7 Å². The summed E-state index contributed by atoms with van der Waals surface area (Å²) in [6.45, 7) is 7.57. The molecule has 0 spiro atoms. The van der Waals surface area contributed by atoms with Gasteiger partial charge in [0.05, 0.1) is 0 Å². The molecule has 2 nitrogen and oxygen atoms in total. The molecule has 3 heteroatoms.